The van der Waals surface area contributed by atoms with Gasteiger partial charge in [-0.25, -0.2) is 0 Å². The molecule has 0 radical (unpaired) electrons. The second-order valence-electron chi connectivity index (χ2n) is 7.12. The van der Waals surface area contributed by atoms with Crippen LogP contribution in [0, 0.1) is 5.92 Å². The number of hydrogen-bond acceptors (Lipinski definition) is 4. The van der Waals surface area contributed by atoms with Crippen LogP contribution >= 0.6 is 11.3 Å². The number of amides is 1. The molecule has 0 N–H and O–H groups in total. The molecular formula is C20H25NO3S. The number of methoxy groups -OCH3 is 1. The van der Waals surface area contributed by atoms with E-state index in [2.05, 4.69) is 6.07 Å². The van der Waals surface area contributed by atoms with Crippen molar-refractivity contribution < 1.29 is 14.3 Å². The maximum atomic E-state index is 13.0. The highest BCUT2D eigenvalue weighted by Crippen LogP contribution is 2.42. The summed E-state index contributed by atoms with van der Waals surface area (Å²) in [6, 6.07) is 8.15. The van der Waals surface area contributed by atoms with Crippen LogP contribution in [0.2, 0.25) is 0 Å². The molecule has 1 atom stereocenters. The van der Waals surface area contributed by atoms with Gasteiger partial charge in [-0.15, -0.1) is 11.3 Å². The lowest BCUT2D eigenvalue weighted by molar-refractivity contribution is -0.0661. The maximum Gasteiger partial charge on any atom is 0.255 e. The van der Waals surface area contributed by atoms with Gasteiger partial charge in [0.05, 0.1) is 11.2 Å². The fourth-order valence-corrected chi connectivity index (χ4v) is 5.34. The van der Waals surface area contributed by atoms with E-state index >= 15 is 0 Å². The van der Waals surface area contributed by atoms with E-state index in [1.807, 2.05) is 28.5 Å². The van der Waals surface area contributed by atoms with Crippen LogP contribution in [0.25, 0.3) is 10.1 Å². The molecule has 4 rings (SSSR count). The number of ether oxygens (including phenoxy) is 2. The third-order valence-electron chi connectivity index (χ3n) is 5.88. The summed E-state index contributed by atoms with van der Waals surface area (Å²) in [4.78, 5) is 15.0. The molecule has 0 saturated carbocycles. The molecule has 2 aliphatic rings. The summed E-state index contributed by atoms with van der Waals surface area (Å²) in [5, 5.41) is 3.08. The molecule has 1 aromatic heterocycles. The topological polar surface area (TPSA) is 38.8 Å². The molecule has 2 saturated heterocycles. The molecule has 2 fully saturated rings. The monoisotopic (exact) mass is 359 g/mol. The third kappa shape index (κ3) is 3.09. The van der Waals surface area contributed by atoms with Crippen molar-refractivity contribution in [2.24, 2.45) is 5.92 Å². The Bertz CT molecular complexity index is 748. The van der Waals surface area contributed by atoms with Crippen molar-refractivity contribution in [3.8, 4) is 0 Å². The van der Waals surface area contributed by atoms with E-state index in [4.69, 9.17) is 9.47 Å². The summed E-state index contributed by atoms with van der Waals surface area (Å²) in [6.45, 7) is 3.20. The van der Waals surface area contributed by atoms with Gasteiger partial charge in [0.1, 0.15) is 0 Å². The summed E-state index contributed by atoms with van der Waals surface area (Å²) >= 11 is 1.65. The van der Waals surface area contributed by atoms with Gasteiger partial charge in [0.2, 0.25) is 0 Å². The van der Waals surface area contributed by atoms with E-state index < -0.39 is 0 Å². The number of rotatable bonds is 4. The quantitative estimate of drug-likeness (QED) is 0.830. The lowest BCUT2D eigenvalue weighted by Gasteiger charge is -2.42. The molecule has 1 spiro atoms. The average Bonchev–Trinajstić information content (AvgIpc) is 3.24. The highest BCUT2D eigenvalue weighted by molar-refractivity contribution is 7.17. The van der Waals surface area contributed by atoms with Gasteiger partial charge < -0.3 is 14.4 Å². The first-order valence-electron chi connectivity index (χ1n) is 9.12. The van der Waals surface area contributed by atoms with E-state index in [0.717, 1.165) is 62.9 Å². The Hall–Kier alpha value is -1.43. The molecule has 1 amide bonds. The largest absolute Gasteiger partial charge is 0.385 e. The number of likely N-dealkylation sites (tertiary alicyclic amines) is 1. The zero-order valence-corrected chi connectivity index (χ0v) is 15.5. The Balaban J connectivity index is 1.45. The van der Waals surface area contributed by atoms with E-state index in [1.54, 1.807) is 18.4 Å². The Kier molecular flexibility index (Phi) is 4.80. The summed E-state index contributed by atoms with van der Waals surface area (Å²) in [5.41, 5.74) is 0.811. The second kappa shape index (κ2) is 7.06. The Morgan fingerprint density at radius 1 is 1.36 bits per heavy atom. The van der Waals surface area contributed by atoms with Crippen molar-refractivity contribution in [1.29, 1.82) is 0 Å². The average molecular weight is 359 g/mol. The van der Waals surface area contributed by atoms with Crippen molar-refractivity contribution in [3.05, 3.63) is 35.2 Å². The first-order valence-corrected chi connectivity index (χ1v) is 10.00. The molecule has 3 heterocycles. The van der Waals surface area contributed by atoms with Gasteiger partial charge in [-0.1, -0.05) is 18.2 Å². The number of piperidine rings is 1. The summed E-state index contributed by atoms with van der Waals surface area (Å²) in [6.07, 6.45) is 4.05. The SMILES string of the molecule is COCCC1CCOC12CCN(C(=O)c1csc3ccccc13)CC2. The van der Waals surface area contributed by atoms with E-state index in [-0.39, 0.29) is 11.5 Å². The molecule has 5 heteroatoms. The van der Waals surface area contributed by atoms with Crippen LogP contribution in [0.5, 0.6) is 0 Å². The minimum absolute atomic E-state index is 0.0357. The lowest BCUT2D eigenvalue weighted by Crippen LogP contribution is -2.49. The maximum absolute atomic E-state index is 13.0. The molecule has 2 aliphatic heterocycles. The molecule has 134 valence electrons. The van der Waals surface area contributed by atoms with E-state index in [1.165, 1.54) is 4.70 Å². The van der Waals surface area contributed by atoms with E-state index in [9.17, 15) is 4.79 Å². The van der Waals surface area contributed by atoms with Gasteiger partial charge in [0.15, 0.2) is 0 Å². The molecule has 1 aromatic carbocycles. The fourth-order valence-electron chi connectivity index (χ4n) is 4.41. The highest BCUT2D eigenvalue weighted by atomic mass is 32.1. The van der Waals surface area contributed by atoms with E-state index in [0.29, 0.717) is 5.92 Å². The number of nitrogens with zero attached hydrogens (tertiary/aromatic N) is 1. The van der Waals surface area contributed by atoms with Crippen molar-refractivity contribution in [2.45, 2.75) is 31.3 Å². The first kappa shape index (κ1) is 17.0. The van der Waals surface area contributed by atoms with Crippen LogP contribution in [0.3, 0.4) is 0 Å². The lowest BCUT2D eigenvalue weighted by atomic mass is 9.78. The zero-order chi connectivity index (χ0) is 17.3. The molecule has 2 aromatic rings. The summed E-state index contributed by atoms with van der Waals surface area (Å²) in [7, 11) is 1.76. The Morgan fingerprint density at radius 3 is 2.96 bits per heavy atom. The van der Waals surface area contributed by atoms with Crippen molar-refractivity contribution in [1.82, 2.24) is 4.90 Å². The number of hydrogen-bond donors (Lipinski definition) is 0. The smallest absolute Gasteiger partial charge is 0.255 e. The van der Waals surface area contributed by atoms with Gasteiger partial charge in [0, 0.05) is 48.9 Å². The van der Waals surface area contributed by atoms with Crippen molar-refractivity contribution in [2.75, 3.05) is 33.4 Å². The van der Waals surface area contributed by atoms with Gasteiger partial charge in [0.25, 0.3) is 5.91 Å². The standard InChI is InChI=1S/C20H25NO3S/c1-23-12-6-15-7-13-24-20(15)8-10-21(11-9-20)19(22)17-14-25-18-5-3-2-4-16(17)18/h2-5,14-15H,6-13H2,1H3. The molecule has 25 heavy (non-hydrogen) atoms. The Morgan fingerprint density at radius 2 is 2.16 bits per heavy atom. The number of benzene rings is 1. The van der Waals surface area contributed by atoms with Gasteiger partial charge in [-0.3, -0.25) is 4.79 Å². The number of carbonyl (C=O) groups is 1. The van der Waals surface area contributed by atoms with Crippen LogP contribution in [0.15, 0.2) is 29.6 Å². The summed E-state index contributed by atoms with van der Waals surface area (Å²) < 4.78 is 12.6. The molecule has 1 unspecified atom stereocenters. The fraction of sp³-hybridized carbons (Fsp3) is 0.550. The normalized spacial score (nSPS) is 22.8. The predicted octanol–water partition coefficient (Wildman–Crippen LogP) is 3.95. The molecule has 0 aliphatic carbocycles. The van der Waals surface area contributed by atoms with Gasteiger partial charge in [-0.2, -0.15) is 0 Å². The Labute approximate surface area is 152 Å². The van der Waals surface area contributed by atoms with Crippen LogP contribution in [0.1, 0.15) is 36.0 Å². The predicted molar refractivity (Wildman–Crippen MR) is 100 cm³/mol. The first-order chi connectivity index (χ1) is 12.2. The van der Waals surface area contributed by atoms with Crippen molar-refractivity contribution >= 4 is 27.3 Å². The third-order valence-corrected chi connectivity index (χ3v) is 6.84. The minimum atomic E-state index is -0.0357. The molecule has 4 nitrogen and oxygen atoms in total. The van der Waals surface area contributed by atoms with Gasteiger partial charge >= 0.3 is 0 Å². The highest BCUT2D eigenvalue weighted by Gasteiger charge is 2.46. The number of carbonyl (C=O) groups excluding carboxylic acids is 1. The van der Waals surface area contributed by atoms with Gasteiger partial charge in [-0.05, 0) is 37.7 Å². The molecular weight excluding hydrogens is 334 g/mol. The van der Waals surface area contributed by atoms with Crippen molar-refractivity contribution in [3.63, 3.8) is 0 Å². The van der Waals surface area contributed by atoms with Crippen LogP contribution in [-0.4, -0.2) is 49.8 Å². The van der Waals surface area contributed by atoms with Crippen LogP contribution in [0.4, 0.5) is 0 Å². The molecule has 0 bridgehead atoms. The second-order valence-corrected chi connectivity index (χ2v) is 8.03. The van der Waals surface area contributed by atoms with Crippen LogP contribution < -0.4 is 0 Å². The minimum Gasteiger partial charge on any atom is -0.385 e. The number of fused-ring (bicyclic) bond motifs is 1. The number of thiophene rings is 1. The summed E-state index contributed by atoms with van der Waals surface area (Å²) in [5.74, 6) is 0.727. The van der Waals surface area contributed by atoms with Crippen LogP contribution in [-0.2, 0) is 9.47 Å². The zero-order valence-electron chi connectivity index (χ0n) is 14.7.